The summed E-state index contributed by atoms with van der Waals surface area (Å²) in [7, 11) is 0. The number of furan rings is 1. The van der Waals surface area contributed by atoms with E-state index in [9.17, 15) is 0 Å². The lowest BCUT2D eigenvalue weighted by Gasteiger charge is -2.28. The van der Waals surface area contributed by atoms with Crippen molar-refractivity contribution >= 4 is 49.8 Å². The zero-order valence-electron chi connectivity index (χ0n) is 32.9. The fourth-order valence-electron chi connectivity index (χ4n) is 8.67. The summed E-state index contributed by atoms with van der Waals surface area (Å²) in [5, 5.41) is 4.75. The molecule has 0 aliphatic carbocycles. The molecule has 0 saturated carbocycles. The zero-order chi connectivity index (χ0) is 39.8. The van der Waals surface area contributed by atoms with Crippen LogP contribution in [0, 0.1) is 0 Å². The van der Waals surface area contributed by atoms with Crippen LogP contribution in [0.5, 0.6) is 0 Å². The molecule has 282 valence electrons. The van der Waals surface area contributed by atoms with Crippen molar-refractivity contribution in [2.24, 2.45) is 0 Å². The van der Waals surface area contributed by atoms with Crippen LogP contribution in [-0.2, 0) is 0 Å². The molecule has 0 saturated heterocycles. The molecule has 0 amide bonds. The van der Waals surface area contributed by atoms with Gasteiger partial charge in [-0.3, -0.25) is 0 Å². The third kappa shape index (κ3) is 6.51. The Labute approximate surface area is 349 Å². The van der Waals surface area contributed by atoms with E-state index in [0.717, 1.165) is 61.3 Å². The molecule has 60 heavy (non-hydrogen) atoms. The molecule has 1 aromatic heterocycles. The summed E-state index contributed by atoms with van der Waals surface area (Å²) in [5.41, 5.74) is 16.9. The van der Waals surface area contributed by atoms with E-state index >= 15 is 0 Å². The van der Waals surface area contributed by atoms with E-state index in [-0.39, 0.29) is 0 Å². The van der Waals surface area contributed by atoms with Gasteiger partial charge in [-0.05, 0) is 115 Å². The lowest BCUT2D eigenvalue weighted by Crippen LogP contribution is -2.11. The fourth-order valence-corrected chi connectivity index (χ4v) is 8.67. The van der Waals surface area contributed by atoms with Crippen molar-refractivity contribution in [2.45, 2.75) is 0 Å². The minimum Gasteiger partial charge on any atom is -0.456 e. The van der Waals surface area contributed by atoms with Crippen LogP contribution in [0.1, 0.15) is 0 Å². The van der Waals surface area contributed by atoms with Crippen molar-refractivity contribution in [3.8, 4) is 55.6 Å². The Morgan fingerprint density at radius 2 is 0.733 bits per heavy atom. The summed E-state index contributed by atoms with van der Waals surface area (Å²) >= 11 is 0. The molecule has 1 heterocycles. The molecule has 0 unspecified atom stereocenters. The van der Waals surface area contributed by atoms with E-state index in [1.54, 1.807) is 0 Å². The summed E-state index contributed by atoms with van der Waals surface area (Å²) in [6.45, 7) is 0. The lowest BCUT2D eigenvalue weighted by molar-refractivity contribution is 0.669. The molecular weight excluding hydrogens is 727 g/mol. The number of para-hydroxylation sites is 2. The molecule has 10 aromatic carbocycles. The van der Waals surface area contributed by atoms with Crippen LogP contribution in [0.4, 0.5) is 17.1 Å². The Morgan fingerprint density at radius 3 is 1.47 bits per heavy atom. The highest BCUT2D eigenvalue weighted by Crippen LogP contribution is 2.43. The van der Waals surface area contributed by atoms with Gasteiger partial charge in [0.15, 0.2) is 0 Å². The average Bonchev–Trinajstić information content (AvgIpc) is 3.71. The van der Waals surface area contributed by atoms with Gasteiger partial charge in [-0.25, -0.2) is 0 Å². The normalized spacial score (nSPS) is 11.3. The minimum atomic E-state index is 0.902. The highest BCUT2D eigenvalue weighted by Gasteiger charge is 2.19. The van der Waals surface area contributed by atoms with Gasteiger partial charge in [0, 0.05) is 27.7 Å². The number of hydrogen-bond donors (Lipinski definition) is 0. The van der Waals surface area contributed by atoms with Crippen molar-refractivity contribution in [1.82, 2.24) is 0 Å². The molecule has 11 rings (SSSR count). The summed E-state index contributed by atoms with van der Waals surface area (Å²) in [5.74, 6) is 0. The second kappa shape index (κ2) is 15.1. The summed E-state index contributed by atoms with van der Waals surface area (Å²) in [4.78, 5) is 2.39. The van der Waals surface area contributed by atoms with E-state index in [1.165, 1.54) is 44.2 Å². The van der Waals surface area contributed by atoms with Gasteiger partial charge in [-0.2, -0.15) is 0 Å². The van der Waals surface area contributed by atoms with Crippen LogP contribution >= 0.6 is 0 Å². The van der Waals surface area contributed by atoms with Crippen LogP contribution in [0.3, 0.4) is 0 Å². The second-order valence-corrected chi connectivity index (χ2v) is 15.3. The molecule has 0 N–H and O–H groups in total. The maximum Gasteiger partial charge on any atom is 0.135 e. The number of fused-ring (bicyclic) bond motifs is 4. The van der Waals surface area contributed by atoms with E-state index in [1.807, 2.05) is 12.1 Å². The van der Waals surface area contributed by atoms with Gasteiger partial charge in [0.25, 0.3) is 0 Å². The molecule has 0 radical (unpaired) electrons. The van der Waals surface area contributed by atoms with Crippen molar-refractivity contribution in [2.75, 3.05) is 4.90 Å². The van der Waals surface area contributed by atoms with Crippen LogP contribution in [0.25, 0.3) is 88.3 Å². The summed E-state index contributed by atoms with van der Waals surface area (Å²) < 4.78 is 6.14. The molecule has 0 aliphatic heterocycles. The first-order valence-electron chi connectivity index (χ1n) is 20.5. The van der Waals surface area contributed by atoms with Crippen LogP contribution in [0.2, 0.25) is 0 Å². The third-order valence-electron chi connectivity index (χ3n) is 11.7. The van der Waals surface area contributed by atoms with Gasteiger partial charge in [0.2, 0.25) is 0 Å². The maximum absolute atomic E-state index is 6.14. The smallest absolute Gasteiger partial charge is 0.135 e. The first kappa shape index (κ1) is 35.2. The number of anilines is 3. The molecule has 11 aromatic rings. The molecule has 2 heteroatoms. The highest BCUT2D eigenvalue weighted by molar-refractivity contribution is 6.06. The molecule has 0 bridgehead atoms. The summed E-state index contributed by atoms with van der Waals surface area (Å²) in [6, 6.07) is 85.0. The predicted molar refractivity (Wildman–Crippen MR) is 253 cm³/mol. The molecular formula is C58H39NO. The van der Waals surface area contributed by atoms with Gasteiger partial charge < -0.3 is 9.32 Å². The summed E-state index contributed by atoms with van der Waals surface area (Å²) in [6.07, 6.45) is 0. The van der Waals surface area contributed by atoms with E-state index in [2.05, 4.69) is 229 Å². The Bertz CT molecular complexity index is 3280. The molecule has 0 aliphatic rings. The van der Waals surface area contributed by atoms with Crippen LogP contribution < -0.4 is 4.90 Å². The first-order chi connectivity index (χ1) is 29.7. The standard InChI is InChI=1S/C58H39NO/c1-2-12-40(13-3-1)41-24-26-42(27-25-41)43-28-33-49(34-29-43)59(50-35-30-44(31-36-50)46-32-37-58-55(39-46)54-20-7-9-23-57(54)60-58)56-22-8-6-19-53(56)48-17-10-16-47(38-48)52-21-11-15-45-14-4-5-18-51(45)52/h1-39H. The van der Waals surface area contributed by atoms with E-state index in [4.69, 9.17) is 4.42 Å². The van der Waals surface area contributed by atoms with Gasteiger partial charge in [-0.1, -0.05) is 182 Å². The Morgan fingerprint density at radius 1 is 0.267 bits per heavy atom. The number of nitrogens with zero attached hydrogens (tertiary/aromatic N) is 1. The lowest BCUT2D eigenvalue weighted by atomic mass is 9.94. The zero-order valence-corrected chi connectivity index (χ0v) is 32.9. The number of rotatable bonds is 8. The van der Waals surface area contributed by atoms with Crippen molar-refractivity contribution in [3.63, 3.8) is 0 Å². The fraction of sp³-hybridized carbons (Fsp3) is 0. The SMILES string of the molecule is c1ccc(-c2ccc(-c3ccc(N(c4ccc(-c5ccc6oc7ccccc7c6c5)cc4)c4ccccc4-c4cccc(-c5cccc6ccccc56)c4)cc3)cc2)cc1. The van der Waals surface area contributed by atoms with Crippen molar-refractivity contribution in [1.29, 1.82) is 0 Å². The Hall–Kier alpha value is -7.94. The molecule has 2 nitrogen and oxygen atoms in total. The van der Waals surface area contributed by atoms with Gasteiger partial charge in [0.1, 0.15) is 11.2 Å². The predicted octanol–water partition coefficient (Wildman–Crippen LogP) is 16.5. The first-order valence-corrected chi connectivity index (χ1v) is 20.5. The highest BCUT2D eigenvalue weighted by atomic mass is 16.3. The third-order valence-corrected chi connectivity index (χ3v) is 11.7. The van der Waals surface area contributed by atoms with Crippen molar-refractivity contribution in [3.05, 3.63) is 237 Å². The largest absolute Gasteiger partial charge is 0.456 e. The second-order valence-electron chi connectivity index (χ2n) is 15.3. The topological polar surface area (TPSA) is 16.4 Å². The van der Waals surface area contributed by atoms with Gasteiger partial charge >= 0.3 is 0 Å². The molecule has 0 atom stereocenters. The minimum absolute atomic E-state index is 0.902. The molecule has 0 fully saturated rings. The van der Waals surface area contributed by atoms with E-state index < -0.39 is 0 Å². The van der Waals surface area contributed by atoms with Gasteiger partial charge in [0.05, 0.1) is 5.69 Å². The van der Waals surface area contributed by atoms with Crippen LogP contribution in [-0.4, -0.2) is 0 Å². The monoisotopic (exact) mass is 765 g/mol. The Kier molecular flexibility index (Phi) is 8.87. The number of benzene rings is 10. The Balaban J connectivity index is 1.000. The maximum atomic E-state index is 6.14. The van der Waals surface area contributed by atoms with Crippen LogP contribution in [0.15, 0.2) is 241 Å². The average molecular weight is 766 g/mol. The molecule has 0 spiro atoms. The van der Waals surface area contributed by atoms with Gasteiger partial charge in [-0.15, -0.1) is 0 Å². The van der Waals surface area contributed by atoms with E-state index in [0.29, 0.717) is 0 Å². The quantitative estimate of drug-likeness (QED) is 0.153. The van der Waals surface area contributed by atoms with Crippen molar-refractivity contribution < 1.29 is 4.42 Å². The number of hydrogen-bond acceptors (Lipinski definition) is 2.